The molecule has 2 aliphatic heterocycles. The van der Waals surface area contributed by atoms with Crippen molar-refractivity contribution in [2.24, 2.45) is 0 Å². The van der Waals surface area contributed by atoms with Crippen molar-refractivity contribution in [1.82, 2.24) is 5.32 Å². The summed E-state index contributed by atoms with van der Waals surface area (Å²) in [7, 11) is 0. The smallest absolute Gasteiger partial charge is 0.335 e. The molecule has 0 bridgehead atoms. The van der Waals surface area contributed by atoms with Crippen LogP contribution in [0, 0.1) is 6.92 Å². The van der Waals surface area contributed by atoms with E-state index >= 15 is 0 Å². The molecule has 0 aliphatic carbocycles. The molecule has 0 radical (unpaired) electrons. The molecular weight excluding hydrogens is 512 g/mol. The number of amides is 4. The fraction of sp³-hybridized carbons (Fsp3) is 0.194. The Balaban J connectivity index is 1.48. The first-order valence-electron chi connectivity index (χ1n) is 12.8. The van der Waals surface area contributed by atoms with Crippen molar-refractivity contribution in [3.05, 3.63) is 95.1 Å². The van der Waals surface area contributed by atoms with Gasteiger partial charge in [0.2, 0.25) is 6.79 Å². The number of carbonyl (C=O) groups is 3. The third kappa shape index (κ3) is 5.40. The second kappa shape index (κ2) is 11.4. The predicted molar refractivity (Wildman–Crippen MR) is 149 cm³/mol. The number of imide groups is 2. The number of urea groups is 1. The summed E-state index contributed by atoms with van der Waals surface area (Å²) in [4.78, 5) is 39.6. The normalized spacial score (nSPS) is 15.3. The molecule has 3 aromatic carbocycles. The maximum Gasteiger partial charge on any atom is 0.335 e. The molecule has 2 heterocycles. The van der Waals surface area contributed by atoms with Gasteiger partial charge in [0.1, 0.15) is 12.2 Å². The number of allylic oxidation sites excluding steroid dienone is 1. The zero-order valence-electron chi connectivity index (χ0n) is 22.2. The van der Waals surface area contributed by atoms with Gasteiger partial charge in [-0.05, 0) is 73.9 Å². The van der Waals surface area contributed by atoms with Crippen LogP contribution in [0.15, 0.2) is 72.8 Å². The lowest BCUT2D eigenvalue weighted by atomic mass is 10.0. The molecule has 2 aliphatic rings. The number of benzene rings is 3. The summed E-state index contributed by atoms with van der Waals surface area (Å²) in [6.45, 7) is 8.40. The van der Waals surface area contributed by atoms with E-state index in [1.165, 1.54) is 6.08 Å². The molecule has 9 heteroatoms. The van der Waals surface area contributed by atoms with E-state index in [4.69, 9.17) is 18.9 Å². The molecule has 4 amide bonds. The number of nitrogens with zero attached hydrogens (tertiary/aromatic N) is 1. The van der Waals surface area contributed by atoms with E-state index in [1.54, 1.807) is 42.5 Å². The first-order valence-corrected chi connectivity index (χ1v) is 12.8. The molecule has 1 fully saturated rings. The van der Waals surface area contributed by atoms with Crippen molar-refractivity contribution >= 4 is 29.6 Å². The minimum atomic E-state index is -0.800. The molecule has 40 heavy (non-hydrogen) atoms. The quantitative estimate of drug-likeness (QED) is 0.229. The minimum Gasteiger partial charge on any atom is -0.490 e. The highest BCUT2D eigenvalue weighted by Gasteiger charge is 2.36. The molecule has 0 atom stereocenters. The van der Waals surface area contributed by atoms with Crippen LogP contribution >= 0.6 is 0 Å². The fourth-order valence-corrected chi connectivity index (χ4v) is 4.44. The summed E-state index contributed by atoms with van der Waals surface area (Å²) in [6, 6.07) is 15.2. The van der Waals surface area contributed by atoms with Crippen LogP contribution < -0.4 is 29.2 Å². The Morgan fingerprint density at radius 2 is 1.77 bits per heavy atom. The molecule has 3 aromatic rings. The van der Waals surface area contributed by atoms with E-state index in [0.29, 0.717) is 47.3 Å². The fourth-order valence-electron chi connectivity index (χ4n) is 4.44. The molecule has 9 nitrogen and oxygen atoms in total. The summed E-state index contributed by atoms with van der Waals surface area (Å²) >= 11 is 0. The number of aryl methyl sites for hydroxylation is 1. The molecule has 0 aromatic heterocycles. The third-order valence-corrected chi connectivity index (χ3v) is 6.34. The molecule has 204 valence electrons. The molecule has 5 rings (SSSR count). The van der Waals surface area contributed by atoms with Crippen molar-refractivity contribution < 1.29 is 33.3 Å². The number of rotatable bonds is 9. The van der Waals surface area contributed by atoms with Crippen LogP contribution in [0.1, 0.15) is 29.2 Å². The highest BCUT2D eigenvalue weighted by atomic mass is 16.7. The van der Waals surface area contributed by atoms with Crippen LogP contribution in [-0.4, -0.2) is 31.2 Å². The van der Waals surface area contributed by atoms with Gasteiger partial charge in [0.25, 0.3) is 11.8 Å². The number of nitrogens with one attached hydrogen (secondary N) is 1. The average Bonchev–Trinajstić information content (AvgIpc) is 3.40. The van der Waals surface area contributed by atoms with Crippen molar-refractivity contribution in [1.29, 1.82) is 0 Å². The van der Waals surface area contributed by atoms with Gasteiger partial charge in [-0.25, -0.2) is 9.69 Å². The number of barbiturate groups is 1. The summed E-state index contributed by atoms with van der Waals surface area (Å²) in [5.41, 5.74) is 3.32. The standard InChI is InChI=1S/C31H28N2O7/c1-4-6-22-13-21(14-24-29(34)32-31(36)33(30(24)35)23-10-7-19(3)8-11-23)16-27(37-5-2)28(22)38-17-20-9-12-25-26(15-20)40-18-39-25/h4,7-16H,1,5-6,17-18H2,2-3H3,(H,32,34,36)/b24-14+. The Bertz CT molecular complexity index is 1530. The lowest BCUT2D eigenvalue weighted by Crippen LogP contribution is -2.54. The number of ether oxygens (including phenoxy) is 4. The van der Waals surface area contributed by atoms with Gasteiger partial charge in [0.05, 0.1) is 12.3 Å². The number of hydrogen-bond acceptors (Lipinski definition) is 7. The molecule has 0 unspecified atom stereocenters. The predicted octanol–water partition coefficient (Wildman–Crippen LogP) is 5.10. The molecule has 0 spiro atoms. The topological polar surface area (TPSA) is 103 Å². The van der Waals surface area contributed by atoms with Crippen LogP contribution in [0.5, 0.6) is 23.0 Å². The zero-order valence-corrected chi connectivity index (χ0v) is 22.2. The first-order chi connectivity index (χ1) is 19.4. The van der Waals surface area contributed by atoms with E-state index in [9.17, 15) is 14.4 Å². The van der Waals surface area contributed by atoms with E-state index < -0.39 is 17.8 Å². The van der Waals surface area contributed by atoms with Crippen molar-refractivity contribution in [3.8, 4) is 23.0 Å². The lowest BCUT2D eigenvalue weighted by molar-refractivity contribution is -0.122. The maximum atomic E-state index is 13.3. The molecule has 0 saturated carbocycles. The molecule has 1 N–H and O–H groups in total. The van der Waals surface area contributed by atoms with Crippen molar-refractivity contribution in [2.75, 3.05) is 18.3 Å². The lowest BCUT2D eigenvalue weighted by Gasteiger charge is -2.26. The number of carbonyl (C=O) groups excluding carboxylic acids is 3. The zero-order chi connectivity index (χ0) is 28.2. The summed E-state index contributed by atoms with van der Waals surface area (Å²) < 4.78 is 23.0. The number of fused-ring (bicyclic) bond motifs is 1. The van der Waals surface area contributed by atoms with Gasteiger partial charge in [-0.3, -0.25) is 14.9 Å². The van der Waals surface area contributed by atoms with Crippen molar-refractivity contribution in [2.45, 2.75) is 26.9 Å². The van der Waals surface area contributed by atoms with Crippen LogP contribution in [-0.2, 0) is 22.6 Å². The molecular formula is C31H28N2O7. The van der Waals surface area contributed by atoms with Gasteiger partial charge in [0, 0.05) is 5.56 Å². The Kier molecular flexibility index (Phi) is 7.54. The highest BCUT2D eigenvalue weighted by Crippen LogP contribution is 2.37. The maximum absolute atomic E-state index is 13.3. The first kappa shape index (κ1) is 26.6. The second-order valence-electron chi connectivity index (χ2n) is 9.20. The SMILES string of the molecule is C=CCc1cc(/C=C2\C(=O)NC(=O)N(c3ccc(C)cc3)C2=O)cc(OCC)c1OCc1ccc2c(c1)OCO2. The van der Waals surface area contributed by atoms with Gasteiger partial charge in [0.15, 0.2) is 23.0 Å². The van der Waals surface area contributed by atoms with E-state index in [-0.39, 0.29) is 19.0 Å². The Morgan fingerprint density at radius 1 is 1.00 bits per heavy atom. The van der Waals surface area contributed by atoms with Gasteiger partial charge in [-0.2, -0.15) is 0 Å². The molecule has 1 saturated heterocycles. The number of hydrogen-bond donors (Lipinski definition) is 1. The Hall–Kier alpha value is -5.05. The van der Waals surface area contributed by atoms with E-state index in [2.05, 4.69) is 11.9 Å². The minimum absolute atomic E-state index is 0.179. The third-order valence-electron chi connectivity index (χ3n) is 6.34. The van der Waals surface area contributed by atoms with Crippen LogP contribution in [0.3, 0.4) is 0 Å². The van der Waals surface area contributed by atoms with Crippen LogP contribution in [0.2, 0.25) is 0 Å². The second-order valence-corrected chi connectivity index (χ2v) is 9.20. The summed E-state index contributed by atoms with van der Waals surface area (Å²) in [6.07, 6.45) is 3.62. The Morgan fingerprint density at radius 3 is 2.52 bits per heavy atom. The van der Waals surface area contributed by atoms with Crippen LogP contribution in [0.25, 0.3) is 6.08 Å². The average molecular weight is 541 g/mol. The Labute approximate surface area is 231 Å². The summed E-state index contributed by atoms with van der Waals surface area (Å²) in [5, 5.41) is 2.26. The summed E-state index contributed by atoms with van der Waals surface area (Å²) in [5.74, 6) is 0.830. The van der Waals surface area contributed by atoms with Gasteiger partial charge >= 0.3 is 6.03 Å². The highest BCUT2D eigenvalue weighted by molar-refractivity contribution is 6.39. The number of anilines is 1. The van der Waals surface area contributed by atoms with Crippen LogP contribution in [0.4, 0.5) is 10.5 Å². The van der Waals surface area contributed by atoms with E-state index in [1.807, 2.05) is 32.0 Å². The largest absolute Gasteiger partial charge is 0.490 e. The van der Waals surface area contributed by atoms with E-state index in [0.717, 1.165) is 21.6 Å². The van der Waals surface area contributed by atoms with Gasteiger partial charge in [-0.1, -0.05) is 29.8 Å². The van der Waals surface area contributed by atoms with Gasteiger partial charge < -0.3 is 18.9 Å². The van der Waals surface area contributed by atoms with Gasteiger partial charge in [-0.15, -0.1) is 6.58 Å². The van der Waals surface area contributed by atoms with Crippen molar-refractivity contribution in [3.63, 3.8) is 0 Å². The monoisotopic (exact) mass is 540 g/mol.